The highest BCUT2D eigenvalue weighted by molar-refractivity contribution is 5.31. The SMILES string of the molecule is CC.Cc1ccccc1OC[C@H]1CO1. The van der Waals surface area contributed by atoms with Gasteiger partial charge in [-0.2, -0.15) is 0 Å². The third-order valence-electron chi connectivity index (χ3n) is 1.92. The van der Waals surface area contributed by atoms with E-state index >= 15 is 0 Å². The molecule has 2 nitrogen and oxygen atoms in total. The molecule has 1 fully saturated rings. The molecule has 1 aromatic rings. The molecule has 1 aliphatic rings. The first-order valence-corrected chi connectivity index (χ1v) is 5.16. The van der Waals surface area contributed by atoms with Crippen molar-refractivity contribution >= 4 is 0 Å². The third kappa shape index (κ3) is 3.38. The third-order valence-corrected chi connectivity index (χ3v) is 1.92. The fourth-order valence-electron chi connectivity index (χ4n) is 1.07. The molecule has 0 aliphatic carbocycles. The van der Waals surface area contributed by atoms with Gasteiger partial charge in [0.1, 0.15) is 18.5 Å². The monoisotopic (exact) mass is 194 g/mol. The minimum Gasteiger partial charge on any atom is -0.491 e. The van der Waals surface area contributed by atoms with Crippen LogP contribution >= 0.6 is 0 Å². The topological polar surface area (TPSA) is 21.8 Å². The Balaban J connectivity index is 0.000000461. The van der Waals surface area contributed by atoms with E-state index in [0.29, 0.717) is 12.7 Å². The maximum absolute atomic E-state index is 5.54. The molecule has 0 unspecified atom stereocenters. The van der Waals surface area contributed by atoms with Crippen LogP contribution in [0, 0.1) is 6.92 Å². The maximum atomic E-state index is 5.54. The number of para-hydroxylation sites is 1. The fourth-order valence-corrected chi connectivity index (χ4v) is 1.07. The number of rotatable bonds is 3. The number of aryl methyl sites for hydroxylation is 1. The summed E-state index contributed by atoms with van der Waals surface area (Å²) in [4.78, 5) is 0. The van der Waals surface area contributed by atoms with Gasteiger partial charge < -0.3 is 9.47 Å². The number of hydrogen-bond acceptors (Lipinski definition) is 2. The van der Waals surface area contributed by atoms with E-state index in [0.717, 1.165) is 12.4 Å². The van der Waals surface area contributed by atoms with Crippen molar-refractivity contribution in [3.05, 3.63) is 29.8 Å². The Morgan fingerprint density at radius 3 is 2.57 bits per heavy atom. The average Bonchev–Trinajstić information content (AvgIpc) is 3.04. The van der Waals surface area contributed by atoms with Crippen LogP contribution in [-0.4, -0.2) is 19.3 Å². The lowest BCUT2D eigenvalue weighted by molar-refractivity contribution is 0.262. The normalized spacial score (nSPS) is 18.1. The molecule has 0 saturated carbocycles. The van der Waals surface area contributed by atoms with Gasteiger partial charge in [0.25, 0.3) is 0 Å². The molecule has 0 radical (unpaired) electrons. The summed E-state index contributed by atoms with van der Waals surface area (Å²) >= 11 is 0. The van der Waals surface area contributed by atoms with Crippen LogP contribution in [0.2, 0.25) is 0 Å². The van der Waals surface area contributed by atoms with Crippen molar-refractivity contribution in [2.24, 2.45) is 0 Å². The first-order valence-electron chi connectivity index (χ1n) is 5.16. The molecule has 0 aromatic heterocycles. The van der Waals surface area contributed by atoms with Crippen molar-refractivity contribution < 1.29 is 9.47 Å². The molecular weight excluding hydrogens is 176 g/mol. The number of benzene rings is 1. The minimum absolute atomic E-state index is 0.338. The molecule has 0 amide bonds. The Morgan fingerprint density at radius 2 is 2.00 bits per heavy atom. The summed E-state index contributed by atoms with van der Waals surface area (Å²) < 4.78 is 10.6. The largest absolute Gasteiger partial charge is 0.491 e. The van der Waals surface area contributed by atoms with Crippen LogP contribution < -0.4 is 4.74 Å². The lowest BCUT2D eigenvalue weighted by atomic mass is 10.2. The molecule has 1 aliphatic heterocycles. The quantitative estimate of drug-likeness (QED) is 0.690. The molecule has 1 heterocycles. The molecule has 2 rings (SSSR count). The molecule has 0 N–H and O–H groups in total. The first kappa shape index (κ1) is 11.1. The van der Waals surface area contributed by atoms with Crippen LogP contribution in [0.3, 0.4) is 0 Å². The molecule has 1 aromatic carbocycles. The summed E-state index contributed by atoms with van der Waals surface area (Å²) in [5.74, 6) is 0.966. The molecule has 1 saturated heterocycles. The Hall–Kier alpha value is -1.02. The van der Waals surface area contributed by atoms with E-state index in [9.17, 15) is 0 Å². The van der Waals surface area contributed by atoms with Gasteiger partial charge in [-0.1, -0.05) is 32.0 Å². The van der Waals surface area contributed by atoms with Crippen LogP contribution in [0.1, 0.15) is 19.4 Å². The Kier molecular flexibility index (Phi) is 4.47. The molecule has 0 spiro atoms. The highest BCUT2D eigenvalue weighted by Crippen LogP contribution is 2.18. The molecule has 78 valence electrons. The van der Waals surface area contributed by atoms with E-state index in [-0.39, 0.29) is 0 Å². The minimum atomic E-state index is 0.338. The number of ether oxygens (including phenoxy) is 2. The van der Waals surface area contributed by atoms with Crippen molar-refractivity contribution in [3.8, 4) is 5.75 Å². The number of epoxide rings is 1. The van der Waals surface area contributed by atoms with E-state index in [1.807, 2.05) is 45.0 Å². The highest BCUT2D eigenvalue weighted by atomic mass is 16.6. The van der Waals surface area contributed by atoms with Crippen LogP contribution in [0.4, 0.5) is 0 Å². The van der Waals surface area contributed by atoms with E-state index in [1.54, 1.807) is 0 Å². The molecule has 2 heteroatoms. The van der Waals surface area contributed by atoms with E-state index in [1.165, 1.54) is 5.56 Å². The zero-order valence-electron chi connectivity index (χ0n) is 9.12. The van der Waals surface area contributed by atoms with Gasteiger partial charge in [-0.3, -0.25) is 0 Å². The second-order valence-corrected chi connectivity index (χ2v) is 3.03. The molecule has 0 bridgehead atoms. The Labute approximate surface area is 85.8 Å². The summed E-state index contributed by atoms with van der Waals surface area (Å²) in [7, 11) is 0. The smallest absolute Gasteiger partial charge is 0.122 e. The lowest BCUT2D eigenvalue weighted by Gasteiger charge is -2.06. The van der Waals surface area contributed by atoms with Gasteiger partial charge in [-0.25, -0.2) is 0 Å². The first-order chi connectivity index (χ1) is 6.86. The van der Waals surface area contributed by atoms with Gasteiger partial charge in [0.15, 0.2) is 0 Å². The van der Waals surface area contributed by atoms with Crippen LogP contribution in [-0.2, 0) is 4.74 Å². The van der Waals surface area contributed by atoms with Crippen molar-refractivity contribution in [1.29, 1.82) is 0 Å². The van der Waals surface area contributed by atoms with E-state index in [4.69, 9.17) is 9.47 Å². The molecular formula is C12H18O2. The van der Waals surface area contributed by atoms with Gasteiger partial charge >= 0.3 is 0 Å². The maximum Gasteiger partial charge on any atom is 0.122 e. The molecule has 14 heavy (non-hydrogen) atoms. The average molecular weight is 194 g/mol. The number of hydrogen-bond donors (Lipinski definition) is 0. The standard InChI is InChI=1S/C10H12O2.C2H6/c1-8-4-2-3-5-10(8)12-7-9-6-11-9;1-2/h2-5,9H,6-7H2,1H3;1-2H3/t9-;/m1./s1. The van der Waals surface area contributed by atoms with E-state index in [2.05, 4.69) is 0 Å². The van der Waals surface area contributed by atoms with E-state index < -0.39 is 0 Å². The fraction of sp³-hybridized carbons (Fsp3) is 0.500. The zero-order valence-corrected chi connectivity index (χ0v) is 9.12. The predicted octanol–water partition coefficient (Wildman–Crippen LogP) is 2.80. The molecule has 1 atom stereocenters. The van der Waals surface area contributed by atoms with Crippen LogP contribution in [0.15, 0.2) is 24.3 Å². The van der Waals surface area contributed by atoms with Crippen molar-refractivity contribution in [3.63, 3.8) is 0 Å². The zero-order chi connectivity index (χ0) is 10.4. The predicted molar refractivity (Wildman–Crippen MR) is 57.8 cm³/mol. The van der Waals surface area contributed by atoms with Gasteiger partial charge in [-0.15, -0.1) is 0 Å². The van der Waals surface area contributed by atoms with Gasteiger partial charge in [-0.05, 0) is 18.6 Å². The highest BCUT2D eigenvalue weighted by Gasteiger charge is 2.23. The van der Waals surface area contributed by atoms with Crippen LogP contribution in [0.25, 0.3) is 0 Å². The van der Waals surface area contributed by atoms with Gasteiger partial charge in [0, 0.05) is 0 Å². The second kappa shape index (κ2) is 5.66. The summed E-state index contributed by atoms with van der Waals surface area (Å²) in [5, 5.41) is 0. The van der Waals surface area contributed by atoms with Crippen molar-refractivity contribution in [2.45, 2.75) is 26.9 Å². The summed E-state index contributed by atoms with van der Waals surface area (Å²) in [6.07, 6.45) is 0.338. The lowest BCUT2D eigenvalue weighted by Crippen LogP contribution is -2.04. The summed E-state index contributed by atoms with van der Waals surface area (Å²) in [5.41, 5.74) is 1.18. The summed E-state index contributed by atoms with van der Waals surface area (Å²) in [6, 6.07) is 8.02. The second-order valence-electron chi connectivity index (χ2n) is 3.03. The summed E-state index contributed by atoms with van der Waals surface area (Å²) in [6.45, 7) is 7.58. The Bertz CT molecular complexity index is 267. The van der Waals surface area contributed by atoms with Crippen molar-refractivity contribution in [2.75, 3.05) is 13.2 Å². The van der Waals surface area contributed by atoms with Crippen molar-refractivity contribution in [1.82, 2.24) is 0 Å². The van der Waals surface area contributed by atoms with Gasteiger partial charge in [0.2, 0.25) is 0 Å². The van der Waals surface area contributed by atoms with Gasteiger partial charge in [0.05, 0.1) is 6.61 Å². The Morgan fingerprint density at radius 1 is 1.36 bits per heavy atom. The van der Waals surface area contributed by atoms with Crippen LogP contribution in [0.5, 0.6) is 5.75 Å².